The zero-order chi connectivity index (χ0) is 29.7. The summed E-state index contributed by atoms with van der Waals surface area (Å²) in [7, 11) is 0. The first kappa shape index (κ1) is 25.4. The average Bonchev–Trinajstić information content (AvgIpc) is 3.46. The summed E-state index contributed by atoms with van der Waals surface area (Å²) in [5.41, 5.74) is 9.73. The van der Waals surface area contributed by atoms with Gasteiger partial charge in [0, 0.05) is 68.6 Å². The molecule has 0 N–H and O–H groups in total. The molecular weight excluding hydrogens is 548 g/mol. The predicted octanol–water partition coefficient (Wildman–Crippen LogP) is 10.3. The maximum Gasteiger partial charge on any atom is 0.0702 e. The van der Waals surface area contributed by atoms with Crippen molar-refractivity contribution in [3.63, 3.8) is 0 Å². The molecule has 0 aliphatic rings. The predicted molar refractivity (Wildman–Crippen MR) is 185 cm³/mol. The van der Waals surface area contributed by atoms with Crippen LogP contribution in [0.2, 0.25) is 0 Å². The minimum Gasteiger partial charge on any atom is -0.308 e. The van der Waals surface area contributed by atoms with Crippen LogP contribution in [0, 0.1) is 0 Å². The quantitative estimate of drug-likeness (QED) is 0.210. The zero-order valence-corrected chi connectivity index (χ0v) is 24.3. The monoisotopic (exact) mass is 574 g/mol. The van der Waals surface area contributed by atoms with Crippen LogP contribution in [0.4, 0.5) is 0 Å². The molecule has 45 heavy (non-hydrogen) atoms. The van der Waals surface area contributed by atoms with Crippen molar-refractivity contribution >= 4 is 43.4 Å². The molecule has 0 saturated carbocycles. The van der Waals surface area contributed by atoms with Gasteiger partial charge in [-0.1, -0.05) is 91.0 Å². The zero-order valence-electron chi connectivity index (χ0n) is 24.3. The largest absolute Gasteiger partial charge is 0.308 e. The molecule has 4 heteroatoms. The average molecular weight is 575 g/mol. The highest BCUT2D eigenvalue weighted by Gasteiger charge is 2.18. The van der Waals surface area contributed by atoms with Gasteiger partial charge in [-0.05, 0) is 53.2 Å². The van der Waals surface area contributed by atoms with E-state index in [9.17, 15) is 0 Å². The summed E-state index contributed by atoms with van der Waals surface area (Å²) in [6.07, 6.45) is 7.44. The Morgan fingerprint density at radius 2 is 1.20 bits per heavy atom. The van der Waals surface area contributed by atoms with E-state index in [4.69, 9.17) is 4.98 Å². The summed E-state index contributed by atoms with van der Waals surface area (Å²) in [5.74, 6) is 0. The van der Waals surface area contributed by atoms with Crippen molar-refractivity contribution in [2.24, 2.45) is 0 Å². The van der Waals surface area contributed by atoms with Crippen LogP contribution in [0.5, 0.6) is 0 Å². The second-order valence-corrected chi connectivity index (χ2v) is 11.4. The number of hydrogen-bond donors (Lipinski definition) is 0. The smallest absolute Gasteiger partial charge is 0.0702 e. The van der Waals surface area contributed by atoms with Crippen LogP contribution >= 0.6 is 0 Å². The molecule has 5 aromatic carbocycles. The van der Waals surface area contributed by atoms with Gasteiger partial charge in [0.1, 0.15) is 0 Å². The summed E-state index contributed by atoms with van der Waals surface area (Å²) in [4.78, 5) is 13.7. The van der Waals surface area contributed by atoms with E-state index in [1.807, 2.05) is 36.8 Å². The van der Waals surface area contributed by atoms with Gasteiger partial charge < -0.3 is 4.57 Å². The van der Waals surface area contributed by atoms with Crippen molar-refractivity contribution < 1.29 is 0 Å². The maximum absolute atomic E-state index is 4.83. The van der Waals surface area contributed by atoms with Gasteiger partial charge in [0.25, 0.3) is 0 Å². The van der Waals surface area contributed by atoms with Crippen molar-refractivity contribution in [3.05, 3.63) is 158 Å². The molecular formula is C41H26N4. The highest BCUT2D eigenvalue weighted by Crippen LogP contribution is 2.40. The molecule has 4 heterocycles. The summed E-state index contributed by atoms with van der Waals surface area (Å²) in [6.45, 7) is 0. The molecule has 0 amide bonds. The third-order valence-corrected chi connectivity index (χ3v) is 8.77. The summed E-state index contributed by atoms with van der Waals surface area (Å²) < 4.78 is 2.45. The van der Waals surface area contributed by atoms with Crippen LogP contribution in [-0.2, 0) is 0 Å². The lowest BCUT2D eigenvalue weighted by molar-refractivity contribution is 1.20. The molecule has 0 atom stereocenters. The number of nitrogens with zero attached hydrogens (tertiary/aromatic N) is 4. The third-order valence-electron chi connectivity index (χ3n) is 8.77. The fraction of sp³-hybridized carbons (Fsp3) is 0. The maximum atomic E-state index is 4.83. The molecule has 0 bridgehead atoms. The van der Waals surface area contributed by atoms with E-state index in [0.717, 1.165) is 44.8 Å². The van der Waals surface area contributed by atoms with E-state index in [-0.39, 0.29) is 0 Å². The van der Waals surface area contributed by atoms with Gasteiger partial charge >= 0.3 is 0 Å². The standard InChI is InChI=1S/C41H26N4/c1-2-10-33-27(7-1)8-5-12-39(33)45-40-24-30(37-11-3-4-22-43-37)15-18-35(40)36-19-13-28-23-29(14-17-34(28)41(36)45)38-20-16-32(26-44-38)31-9-6-21-42-25-31/h1-26H. The second kappa shape index (κ2) is 10.2. The van der Waals surface area contributed by atoms with E-state index in [0.29, 0.717) is 0 Å². The minimum atomic E-state index is 0.944. The van der Waals surface area contributed by atoms with E-state index in [1.54, 1.807) is 6.20 Å². The SMILES string of the molecule is c1ccc(-c2ccc3c4ccc5cc(-c6ccc(-c7cccnc7)cn6)ccc5c4n(-c4cccc5ccccc45)c3c2)nc1. The third kappa shape index (κ3) is 4.19. The number of aromatic nitrogens is 4. The molecule has 0 aliphatic heterocycles. The summed E-state index contributed by atoms with van der Waals surface area (Å²) >= 11 is 0. The van der Waals surface area contributed by atoms with Gasteiger partial charge in [0.2, 0.25) is 0 Å². The Morgan fingerprint density at radius 1 is 0.422 bits per heavy atom. The van der Waals surface area contributed by atoms with Gasteiger partial charge in [-0.2, -0.15) is 0 Å². The lowest BCUT2D eigenvalue weighted by Crippen LogP contribution is -1.96. The number of benzene rings is 5. The fourth-order valence-electron chi connectivity index (χ4n) is 6.61. The van der Waals surface area contributed by atoms with Crippen LogP contribution in [0.3, 0.4) is 0 Å². The molecule has 9 rings (SSSR count). The Labute approximate surface area is 259 Å². The van der Waals surface area contributed by atoms with Gasteiger partial charge in [-0.25, -0.2) is 0 Å². The molecule has 0 fully saturated rings. The van der Waals surface area contributed by atoms with Gasteiger partial charge in [-0.15, -0.1) is 0 Å². The first-order valence-corrected chi connectivity index (χ1v) is 15.1. The summed E-state index contributed by atoms with van der Waals surface area (Å²) in [5, 5.41) is 7.25. The highest BCUT2D eigenvalue weighted by molar-refractivity contribution is 6.20. The molecule has 4 aromatic heterocycles. The first-order valence-electron chi connectivity index (χ1n) is 15.1. The van der Waals surface area contributed by atoms with Crippen LogP contribution in [-0.4, -0.2) is 19.5 Å². The van der Waals surface area contributed by atoms with Crippen LogP contribution < -0.4 is 0 Å². The second-order valence-electron chi connectivity index (χ2n) is 11.4. The molecule has 0 unspecified atom stereocenters. The van der Waals surface area contributed by atoms with Crippen molar-refractivity contribution in [2.45, 2.75) is 0 Å². The Morgan fingerprint density at radius 3 is 2.04 bits per heavy atom. The summed E-state index contributed by atoms with van der Waals surface area (Å²) in [6, 6.07) is 47.4. The topological polar surface area (TPSA) is 43.6 Å². The number of hydrogen-bond acceptors (Lipinski definition) is 3. The number of rotatable bonds is 4. The van der Waals surface area contributed by atoms with Gasteiger partial charge in [0.15, 0.2) is 0 Å². The highest BCUT2D eigenvalue weighted by atomic mass is 15.0. The lowest BCUT2D eigenvalue weighted by Gasteiger charge is -2.14. The van der Waals surface area contributed by atoms with Crippen molar-refractivity contribution in [2.75, 3.05) is 0 Å². The molecule has 210 valence electrons. The van der Waals surface area contributed by atoms with E-state index >= 15 is 0 Å². The van der Waals surface area contributed by atoms with Crippen LogP contribution in [0.15, 0.2) is 158 Å². The Kier molecular flexibility index (Phi) is 5.78. The van der Waals surface area contributed by atoms with Crippen LogP contribution in [0.25, 0.3) is 82.7 Å². The normalized spacial score (nSPS) is 11.6. The molecule has 0 aliphatic carbocycles. The van der Waals surface area contributed by atoms with Crippen LogP contribution in [0.1, 0.15) is 0 Å². The van der Waals surface area contributed by atoms with Gasteiger partial charge in [0.05, 0.1) is 28.1 Å². The van der Waals surface area contributed by atoms with Crippen molar-refractivity contribution in [1.29, 1.82) is 0 Å². The molecule has 0 spiro atoms. The number of fused-ring (bicyclic) bond motifs is 6. The molecule has 4 nitrogen and oxygen atoms in total. The van der Waals surface area contributed by atoms with Crippen molar-refractivity contribution in [3.8, 4) is 39.3 Å². The molecule has 0 saturated heterocycles. The lowest BCUT2D eigenvalue weighted by atomic mass is 10.0. The van der Waals surface area contributed by atoms with E-state index in [1.165, 1.54) is 37.8 Å². The minimum absolute atomic E-state index is 0.944. The molecule has 0 radical (unpaired) electrons. The van der Waals surface area contributed by atoms with E-state index in [2.05, 4.69) is 130 Å². The first-order chi connectivity index (χ1) is 22.3. The van der Waals surface area contributed by atoms with Crippen molar-refractivity contribution in [1.82, 2.24) is 19.5 Å². The Balaban J connectivity index is 1.28. The Hall–Kier alpha value is -6.13. The number of pyridine rings is 3. The molecule has 9 aromatic rings. The van der Waals surface area contributed by atoms with E-state index < -0.39 is 0 Å². The Bertz CT molecular complexity index is 2510. The van der Waals surface area contributed by atoms with Gasteiger partial charge in [-0.3, -0.25) is 15.0 Å². The fourth-order valence-corrected chi connectivity index (χ4v) is 6.61.